The minimum atomic E-state index is -0.699. The van der Waals surface area contributed by atoms with Crippen molar-refractivity contribution >= 4 is 5.91 Å². The summed E-state index contributed by atoms with van der Waals surface area (Å²) in [4.78, 5) is 11.0. The molecule has 82 valence electrons. The highest BCUT2D eigenvalue weighted by atomic mass is 19.1. The molecule has 15 heavy (non-hydrogen) atoms. The molecule has 1 rings (SSSR count). The Labute approximate surface area is 87.2 Å². The molecule has 0 radical (unpaired) electrons. The van der Waals surface area contributed by atoms with Gasteiger partial charge >= 0.3 is 0 Å². The molecular formula is C10H13FN2O2. The molecule has 0 fully saturated rings. The van der Waals surface area contributed by atoms with Crippen LogP contribution in [0.5, 0.6) is 0 Å². The summed E-state index contributed by atoms with van der Waals surface area (Å²) in [5, 5.41) is 0. The summed E-state index contributed by atoms with van der Waals surface area (Å²) in [5.74, 6) is 4.13. The van der Waals surface area contributed by atoms with Crippen LogP contribution in [0.3, 0.4) is 0 Å². The highest BCUT2D eigenvalue weighted by Gasteiger charge is 2.12. The van der Waals surface area contributed by atoms with Crippen molar-refractivity contribution < 1.29 is 13.9 Å². The molecule has 1 amide bonds. The minimum absolute atomic E-state index is 0.0429. The lowest BCUT2D eigenvalue weighted by Gasteiger charge is -2.11. The molecule has 4 nitrogen and oxygen atoms in total. The van der Waals surface area contributed by atoms with E-state index in [1.807, 2.05) is 5.43 Å². The lowest BCUT2D eigenvalue weighted by molar-refractivity contribution is -0.132. The molecule has 0 saturated heterocycles. The van der Waals surface area contributed by atoms with Crippen molar-refractivity contribution in [3.63, 3.8) is 0 Å². The fraction of sp³-hybridized carbons (Fsp3) is 0.300. The number of hydrogen-bond donors (Lipinski definition) is 2. The number of ether oxygens (including phenoxy) is 1. The number of nitrogens with two attached hydrogens (primary N) is 1. The number of nitrogens with one attached hydrogen (secondary N) is 1. The largest absolute Gasteiger partial charge is 0.364 e. The van der Waals surface area contributed by atoms with Gasteiger partial charge in [0.05, 0.1) is 6.61 Å². The van der Waals surface area contributed by atoms with Crippen LogP contribution in [-0.2, 0) is 16.1 Å². The number of amides is 1. The summed E-state index contributed by atoms with van der Waals surface area (Å²) in [6.07, 6.45) is -0.699. The second-order valence-corrected chi connectivity index (χ2v) is 3.05. The van der Waals surface area contributed by atoms with E-state index in [0.717, 1.165) is 0 Å². The van der Waals surface area contributed by atoms with Gasteiger partial charge < -0.3 is 4.74 Å². The van der Waals surface area contributed by atoms with Gasteiger partial charge in [0, 0.05) is 5.56 Å². The molecular weight excluding hydrogens is 199 g/mol. The smallest absolute Gasteiger partial charge is 0.262 e. The molecule has 0 aliphatic carbocycles. The van der Waals surface area contributed by atoms with Gasteiger partial charge in [-0.3, -0.25) is 10.2 Å². The first-order valence-electron chi connectivity index (χ1n) is 4.50. The molecule has 0 aromatic heterocycles. The Balaban J connectivity index is 2.50. The van der Waals surface area contributed by atoms with Crippen LogP contribution in [-0.4, -0.2) is 12.0 Å². The highest BCUT2D eigenvalue weighted by Crippen LogP contribution is 2.08. The van der Waals surface area contributed by atoms with Gasteiger partial charge in [-0.25, -0.2) is 10.2 Å². The zero-order chi connectivity index (χ0) is 11.3. The van der Waals surface area contributed by atoms with Gasteiger partial charge in [-0.2, -0.15) is 0 Å². The molecule has 0 aliphatic heterocycles. The average Bonchev–Trinajstić information content (AvgIpc) is 2.26. The van der Waals surface area contributed by atoms with E-state index in [-0.39, 0.29) is 12.4 Å². The van der Waals surface area contributed by atoms with Gasteiger partial charge in [-0.05, 0) is 13.0 Å². The third kappa shape index (κ3) is 3.30. The summed E-state index contributed by atoms with van der Waals surface area (Å²) in [5.41, 5.74) is 2.37. The second-order valence-electron chi connectivity index (χ2n) is 3.05. The van der Waals surface area contributed by atoms with E-state index in [9.17, 15) is 9.18 Å². The van der Waals surface area contributed by atoms with Crippen LogP contribution in [0.4, 0.5) is 4.39 Å². The first-order chi connectivity index (χ1) is 7.15. The van der Waals surface area contributed by atoms with E-state index in [4.69, 9.17) is 10.6 Å². The predicted molar refractivity (Wildman–Crippen MR) is 53.0 cm³/mol. The molecule has 0 saturated carbocycles. The van der Waals surface area contributed by atoms with Crippen molar-refractivity contribution in [1.82, 2.24) is 5.43 Å². The Morgan fingerprint density at radius 1 is 1.60 bits per heavy atom. The van der Waals surface area contributed by atoms with Gasteiger partial charge in [0.15, 0.2) is 0 Å². The summed E-state index contributed by atoms with van der Waals surface area (Å²) in [6.45, 7) is 1.59. The van der Waals surface area contributed by atoms with Crippen molar-refractivity contribution in [3.8, 4) is 0 Å². The molecule has 1 unspecified atom stereocenters. The number of carbonyl (C=O) groups is 1. The fourth-order valence-corrected chi connectivity index (χ4v) is 1.02. The van der Waals surface area contributed by atoms with Gasteiger partial charge in [0.1, 0.15) is 11.9 Å². The van der Waals surface area contributed by atoms with Crippen molar-refractivity contribution in [2.75, 3.05) is 0 Å². The van der Waals surface area contributed by atoms with E-state index in [2.05, 4.69) is 0 Å². The molecule has 1 aromatic carbocycles. The third-order valence-corrected chi connectivity index (χ3v) is 1.96. The van der Waals surface area contributed by atoms with Crippen LogP contribution < -0.4 is 11.3 Å². The molecule has 0 heterocycles. The van der Waals surface area contributed by atoms with Gasteiger partial charge in [-0.15, -0.1) is 0 Å². The quantitative estimate of drug-likeness (QED) is 0.439. The molecule has 5 heteroatoms. The van der Waals surface area contributed by atoms with E-state index in [1.165, 1.54) is 6.07 Å². The predicted octanol–water partition coefficient (Wildman–Crippen LogP) is 0.721. The summed E-state index contributed by atoms with van der Waals surface area (Å²) in [6, 6.07) is 6.24. The summed E-state index contributed by atoms with van der Waals surface area (Å²) in [7, 11) is 0. The molecule has 0 aliphatic rings. The molecule has 1 aromatic rings. The highest BCUT2D eigenvalue weighted by molar-refractivity contribution is 5.79. The fourth-order valence-electron chi connectivity index (χ4n) is 1.02. The average molecular weight is 212 g/mol. The Kier molecular flexibility index (Phi) is 4.20. The summed E-state index contributed by atoms with van der Waals surface area (Å²) < 4.78 is 18.2. The number of carbonyl (C=O) groups excluding carboxylic acids is 1. The molecule has 3 N–H and O–H groups in total. The van der Waals surface area contributed by atoms with Crippen LogP contribution in [0.15, 0.2) is 24.3 Å². The zero-order valence-corrected chi connectivity index (χ0v) is 8.37. The number of hydrogen-bond acceptors (Lipinski definition) is 3. The van der Waals surface area contributed by atoms with E-state index < -0.39 is 12.0 Å². The van der Waals surface area contributed by atoms with Crippen molar-refractivity contribution in [1.29, 1.82) is 0 Å². The van der Waals surface area contributed by atoms with Crippen molar-refractivity contribution in [3.05, 3.63) is 35.6 Å². The maximum atomic E-state index is 13.1. The number of benzene rings is 1. The SMILES string of the molecule is CC(OCc1ccccc1F)C(=O)NN. The van der Waals surface area contributed by atoms with Crippen LogP contribution in [0.25, 0.3) is 0 Å². The number of hydrazine groups is 1. The van der Waals surface area contributed by atoms with E-state index >= 15 is 0 Å². The van der Waals surface area contributed by atoms with Crippen LogP contribution >= 0.6 is 0 Å². The van der Waals surface area contributed by atoms with Crippen molar-refractivity contribution in [2.24, 2.45) is 5.84 Å². The lowest BCUT2D eigenvalue weighted by Crippen LogP contribution is -2.38. The Bertz CT molecular complexity index is 344. The standard InChI is InChI=1S/C10H13FN2O2/c1-7(10(14)13-12)15-6-8-4-2-3-5-9(8)11/h2-5,7H,6,12H2,1H3,(H,13,14). The second kappa shape index (κ2) is 5.43. The summed E-state index contributed by atoms with van der Waals surface area (Å²) >= 11 is 0. The topological polar surface area (TPSA) is 64.3 Å². The minimum Gasteiger partial charge on any atom is -0.364 e. The van der Waals surface area contributed by atoms with Crippen molar-refractivity contribution in [2.45, 2.75) is 19.6 Å². The van der Waals surface area contributed by atoms with Gasteiger partial charge in [0.2, 0.25) is 0 Å². The third-order valence-electron chi connectivity index (χ3n) is 1.96. The number of rotatable bonds is 4. The van der Waals surface area contributed by atoms with Crippen LogP contribution in [0.2, 0.25) is 0 Å². The van der Waals surface area contributed by atoms with Crippen LogP contribution in [0, 0.1) is 5.82 Å². The Morgan fingerprint density at radius 3 is 2.87 bits per heavy atom. The Hall–Kier alpha value is -1.46. The normalized spacial score (nSPS) is 12.2. The molecule has 1 atom stereocenters. The van der Waals surface area contributed by atoms with Crippen LogP contribution in [0.1, 0.15) is 12.5 Å². The Morgan fingerprint density at radius 2 is 2.27 bits per heavy atom. The maximum Gasteiger partial charge on any atom is 0.262 e. The molecule has 0 spiro atoms. The first-order valence-corrected chi connectivity index (χ1v) is 4.50. The number of halogens is 1. The van der Waals surface area contributed by atoms with Gasteiger partial charge in [0.25, 0.3) is 5.91 Å². The first kappa shape index (κ1) is 11.6. The zero-order valence-electron chi connectivity index (χ0n) is 8.37. The monoisotopic (exact) mass is 212 g/mol. The molecule has 0 bridgehead atoms. The lowest BCUT2D eigenvalue weighted by atomic mass is 10.2. The van der Waals surface area contributed by atoms with E-state index in [1.54, 1.807) is 25.1 Å². The van der Waals surface area contributed by atoms with Gasteiger partial charge in [-0.1, -0.05) is 18.2 Å². The van der Waals surface area contributed by atoms with E-state index in [0.29, 0.717) is 5.56 Å². The maximum absolute atomic E-state index is 13.1.